The fraction of sp³-hybridized carbons (Fsp3) is 0.513. The molecule has 6 rings (SSSR count). The molecule has 1 spiro atoms. The number of hydrogen-bond acceptors (Lipinski definition) is 6. The highest BCUT2D eigenvalue weighted by molar-refractivity contribution is 5.68. The highest BCUT2D eigenvalue weighted by Gasteiger charge is 2.60. The molecule has 3 fully saturated rings. The average Bonchev–Trinajstić information content (AvgIpc) is 3.42. The molecule has 3 aromatic carbocycles. The topological polar surface area (TPSA) is 60.5 Å². The van der Waals surface area contributed by atoms with E-state index in [0.29, 0.717) is 13.2 Å². The fourth-order valence-corrected chi connectivity index (χ4v) is 8.02. The summed E-state index contributed by atoms with van der Waals surface area (Å²) in [7, 11) is 3.61. The van der Waals surface area contributed by atoms with Crippen molar-refractivity contribution >= 4 is 6.09 Å². The molecule has 1 saturated carbocycles. The quantitative estimate of drug-likeness (QED) is 0.236. The summed E-state index contributed by atoms with van der Waals surface area (Å²) in [5, 5.41) is 0. The molecule has 2 heterocycles. The third-order valence-corrected chi connectivity index (χ3v) is 10.2. The molecule has 46 heavy (non-hydrogen) atoms. The molecule has 3 aromatic rings. The zero-order valence-electron chi connectivity index (χ0n) is 28.1. The molecule has 1 aliphatic carbocycles. The van der Waals surface area contributed by atoms with Crippen LogP contribution in [0.2, 0.25) is 0 Å². The second-order valence-electron chi connectivity index (χ2n) is 14.4. The molecule has 7 nitrogen and oxygen atoms in total. The summed E-state index contributed by atoms with van der Waals surface area (Å²) >= 11 is 0. The predicted octanol–water partition coefficient (Wildman–Crippen LogP) is 7.27. The molecule has 6 atom stereocenters. The van der Waals surface area contributed by atoms with Gasteiger partial charge in [-0.1, -0.05) is 72.8 Å². The molecule has 0 aromatic heterocycles. The van der Waals surface area contributed by atoms with Crippen LogP contribution in [0.5, 0.6) is 5.75 Å². The van der Waals surface area contributed by atoms with E-state index >= 15 is 0 Å². The number of likely N-dealkylation sites (N-methyl/N-ethyl adjacent to an activating group) is 1. The van der Waals surface area contributed by atoms with Crippen molar-refractivity contribution < 1.29 is 23.7 Å². The summed E-state index contributed by atoms with van der Waals surface area (Å²) in [6.45, 7) is 7.72. The Morgan fingerprint density at radius 1 is 0.870 bits per heavy atom. The summed E-state index contributed by atoms with van der Waals surface area (Å²) < 4.78 is 25.1. The third kappa shape index (κ3) is 7.27. The van der Waals surface area contributed by atoms with Crippen LogP contribution in [-0.2, 0) is 33.8 Å². The van der Waals surface area contributed by atoms with Crippen molar-refractivity contribution in [2.24, 2.45) is 5.92 Å². The van der Waals surface area contributed by atoms with Gasteiger partial charge in [0.2, 0.25) is 0 Å². The van der Waals surface area contributed by atoms with Crippen molar-refractivity contribution in [2.75, 3.05) is 20.7 Å². The Morgan fingerprint density at radius 2 is 1.50 bits per heavy atom. The van der Waals surface area contributed by atoms with Crippen molar-refractivity contribution in [1.29, 1.82) is 0 Å². The summed E-state index contributed by atoms with van der Waals surface area (Å²) in [5.41, 5.74) is 3.05. The van der Waals surface area contributed by atoms with Crippen LogP contribution < -0.4 is 4.74 Å². The number of carbonyl (C=O) groups excluding carboxylic acids is 1. The van der Waals surface area contributed by atoms with Gasteiger partial charge in [0, 0.05) is 37.1 Å². The molecule has 246 valence electrons. The zero-order valence-corrected chi connectivity index (χ0v) is 28.1. The van der Waals surface area contributed by atoms with Crippen LogP contribution >= 0.6 is 0 Å². The second kappa shape index (κ2) is 13.8. The zero-order chi connectivity index (χ0) is 32.3. The largest absolute Gasteiger partial charge is 0.497 e. The van der Waals surface area contributed by atoms with E-state index in [-0.39, 0.29) is 41.8 Å². The van der Waals surface area contributed by atoms with Gasteiger partial charge in [-0.25, -0.2) is 4.79 Å². The number of nitrogens with zero attached hydrogens (tertiary/aromatic N) is 2. The number of amides is 1. The number of piperidine rings is 1. The van der Waals surface area contributed by atoms with Gasteiger partial charge in [0.25, 0.3) is 0 Å². The lowest BCUT2D eigenvalue weighted by Gasteiger charge is -2.58. The minimum Gasteiger partial charge on any atom is -0.497 e. The Bertz CT molecular complexity index is 1430. The Labute approximate surface area is 274 Å². The van der Waals surface area contributed by atoms with Crippen LogP contribution in [-0.4, -0.2) is 72.0 Å². The van der Waals surface area contributed by atoms with E-state index in [1.54, 1.807) is 7.11 Å². The van der Waals surface area contributed by atoms with Gasteiger partial charge in [-0.05, 0) is 81.7 Å². The van der Waals surface area contributed by atoms with Crippen LogP contribution in [0.1, 0.15) is 63.1 Å². The van der Waals surface area contributed by atoms with Gasteiger partial charge >= 0.3 is 6.09 Å². The Kier molecular flexibility index (Phi) is 9.74. The van der Waals surface area contributed by atoms with E-state index in [0.717, 1.165) is 44.4 Å². The number of hydrogen-bond donors (Lipinski definition) is 0. The number of rotatable bonds is 10. The van der Waals surface area contributed by atoms with E-state index in [1.807, 2.05) is 57.0 Å². The van der Waals surface area contributed by atoms with Crippen LogP contribution in [0.4, 0.5) is 4.79 Å². The second-order valence-corrected chi connectivity index (χ2v) is 14.4. The molecule has 2 bridgehead atoms. The summed E-state index contributed by atoms with van der Waals surface area (Å²) in [4.78, 5) is 17.8. The maximum absolute atomic E-state index is 13.3. The predicted molar refractivity (Wildman–Crippen MR) is 180 cm³/mol. The first kappa shape index (κ1) is 32.5. The van der Waals surface area contributed by atoms with Crippen LogP contribution in [0.25, 0.3) is 0 Å². The van der Waals surface area contributed by atoms with E-state index in [9.17, 15) is 4.79 Å². The SMILES string of the molecule is COc1ccc(C[C@@H]2[C@@H](OCc3ccccc3)[C@H]3C[C@@]4(CC[C@@H]3OCc3ccccc3)C[C@@H](N(C)C(=O)OC(C)(C)C)CN24)cc1. The molecular weight excluding hydrogens is 576 g/mol. The van der Waals surface area contributed by atoms with Gasteiger partial charge in [-0.2, -0.15) is 0 Å². The Morgan fingerprint density at radius 3 is 2.11 bits per heavy atom. The minimum atomic E-state index is -0.540. The first-order chi connectivity index (χ1) is 22.1. The standard InChI is InChI=1S/C39H50N2O5/c1-38(2,3)46-37(42)40(4)31-23-39-21-20-35(44-26-29-12-8-6-9-13-29)33(24-39)36(45-27-30-14-10-7-11-15-30)34(41(39)25-31)22-28-16-18-32(43-5)19-17-28/h6-19,31,33-36H,20-27H2,1-5H3/t31-,33+,34-,35+,36+,39-/m1/s1. The molecule has 7 heteroatoms. The number of carbonyl (C=O) groups is 1. The first-order valence-electron chi connectivity index (χ1n) is 16.8. The fourth-order valence-electron chi connectivity index (χ4n) is 8.02. The molecule has 3 aliphatic rings. The number of fused-ring (bicyclic) bond motifs is 1. The van der Waals surface area contributed by atoms with Crippen molar-refractivity contribution in [1.82, 2.24) is 9.80 Å². The monoisotopic (exact) mass is 626 g/mol. The van der Waals surface area contributed by atoms with Crippen molar-refractivity contribution in [3.8, 4) is 5.75 Å². The lowest BCUT2D eigenvalue weighted by Crippen LogP contribution is -2.67. The molecule has 0 radical (unpaired) electrons. The highest BCUT2D eigenvalue weighted by Crippen LogP contribution is 2.53. The lowest BCUT2D eigenvalue weighted by atomic mass is 9.65. The molecule has 0 N–H and O–H groups in total. The van der Waals surface area contributed by atoms with Gasteiger partial charge in [0.1, 0.15) is 11.4 Å². The number of ether oxygens (including phenoxy) is 4. The number of methoxy groups -OCH3 is 1. The average molecular weight is 627 g/mol. The van der Waals surface area contributed by atoms with Gasteiger partial charge in [-0.3, -0.25) is 4.90 Å². The molecule has 0 unspecified atom stereocenters. The van der Waals surface area contributed by atoms with Crippen molar-refractivity contribution in [2.45, 2.75) is 102 Å². The molecular formula is C39H50N2O5. The summed E-state index contributed by atoms with van der Waals surface area (Å²) in [6.07, 6.45) is 4.56. The maximum atomic E-state index is 13.3. The van der Waals surface area contributed by atoms with Gasteiger partial charge in [0.15, 0.2) is 0 Å². The van der Waals surface area contributed by atoms with Crippen LogP contribution in [0.3, 0.4) is 0 Å². The number of benzene rings is 3. The lowest BCUT2D eigenvalue weighted by molar-refractivity contribution is -0.184. The third-order valence-electron chi connectivity index (χ3n) is 10.2. The molecule has 1 amide bonds. The Balaban J connectivity index is 1.33. The Hall–Kier alpha value is -3.39. The highest BCUT2D eigenvalue weighted by atomic mass is 16.6. The van der Waals surface area contributed by atoms with Crippen LogP contribution in [0.15, 0.2) is 84.9 Å². The van der Waals surface area contributed by atoms with Gasteiger partial charge in [0.05, 0.1) is 32.5 Å². The summed E-state index contributed by atoms with van der Waals surface area (Å²) in [5.74, 6) is 1.08. The molecule has 2 aliphatic heterocycles. The summed E-state index contributed by atoms with van der Waals surface area (Å²) in [6, 6.07) is 29.5. The van der Waals surface area contributed by atoms with Crippen LogP contribution in [0, 0.1) is 5.92 Å². The normalized spacial score (nSPS) is 27.5. The molecule has 2 saturated heterocycles. The smallest absolute Gasteiger partial charge is 0.410 e. The van der Waals surface area contributed by atoms with Crippen molar-refractivity contribution in [3.05, 3.63) is 102 Å². The van der Waals surface area contributed by atoms with E-state index in [1.165, 1.54) is 16.7 Å². The first-order valence-corrected chi connectivity index (χ1v) is 16.8. The van der Waals surface area contributed by atoms with E-state index < -0.39 is 5.60 Å². The maximum Gasteiger partial charge on any atom is 0.410 e. The van der Waals surface area contributed by atoms with E-state index in [4.69, 9.17) is 18.9 Å². The van der Waals surface area contributed by atoms with Gasteiger partial charge in [-0.15, -0.1) is 0 Å². The van der Waals surface area contributed by atoms with Crippen molar-refractivity contribution in [3.63, 3.8) is 0 Å². The minimum absolute atomic E-state index is 0.0258. The van der Waals surface area contributed by atoms with E-state index in [2.05, 4.69) is 65.6 Å². The van der Waals surface area contributed by atoms with Gasteiger partial charge < -0.3 is 23.8 Å².